The van der Waals surface area contributed by atoms with Gasteiger partial charge in [-0.25, -0.2) is 0 Å². The molecule has 15 heavy (non-hydrogen) atoms. The third-order valence-corrected chi connectivity index (χ3v) is 2.98. The zero-order valence-electron chi connectivity index (χ0n) is 8.42. The Labute approximate surface area is 93.2 Å². The molecule has 1 aliphatic rings. The highest BCUT2D eigenvalue weighted by Crippen LogP contribution is 2.39. The summed E-state index contributed by atoms with van der Waals surface area (Å²) in [5, 5.41) is 0.399. The van der Waals surface area contributed by atoms with Gasteiger partial charge in [0.1, 0.15) is 5.75 Å². The highest BCUT2D eigenvalue weighted by Gasteiger charge is 2.47. The number of halogens is 1. The molecule has 0 bridgehead atoms. The summed E-state index contributed by atoms with van der Waals surface area (Å²) >= 11 is 5.98. The lowest BCUT2D eigenvalue weighted by molar-refractivity contribution is 0.0946. The van der Waals surface area contributed by atoms with Crippen molar-refractivity contribution in [3.63, 3.8) is 0 Å². The minimum atomic E-state index is -0.710. The van der Waals surface area contributed by atoms with E-state index in [4.69, 9.17) is 22.1 Å². The van der Waals surface area contributed by atoms with Gasteiger partial charge >= 0.3 is 0 Å². The van der Waals surface area contributed by atoms with Crippen LogP contribution >= 0.6 is 11.6 Å². The van der Waals surface area contributed by atoms with Crippen LogP contribution in [-0.4, -0.2) is 18.4 Å². The monoisotopic (exact) mass is 225 g/mol. The summed E-state index contributed by atoms with van der Waals surface area (Å²) in [6, 6.07) is 5.13. The van der Waals surface area contributed by atoms with Crippen LogP contribution in [-0.2, 0) is 0 Å². The third kappa shape index (κ3) is 1.73. The van der Waals surface area contributed by atoms with Crippen molar-refractivity contribution >= 4 is 17.4 Å². The SMILES string of the molecule is COc1cccc(Cl)c1C(=O)C1(N)CC1. The van der Waals surface area contributed by atoms with Crippen LogP contribution in [0, 0.1) is 0 Å². The smallest absolute Gasteiger partial charge is 0.187 e. The molecular weight excluding hydrogens is 214 g/mol. The van der Waals surface area contributed by atoms with Crippen molar-refractivity contribution in [3.05, 3.63) is 28.8 Å². The number of nitrogens with two attached hydrogens (primary N) is 1. The number of carbonyl (C=O) groups excluding carboxylic acids is 1. The minimum absolute atomic E-state index is 0.120. The van der Waals surface area contributed by atoms with Gasteiger partial charge in [-0.3, -0.25) is 4.79 Å². The van der Waals surface area contributed by atoms with E-state index in [0.717, 1.165) is 12.8 Å². The van der Waals surface area contributed by atoms with E-state index >= 15 is 0 Å². The zero-order valence-corrected chi connectivity index (χ0v) is 9.17. The van der Waals surface area contributed by atoms with Crippen LogP contribution in [0.2, 0.25) is 5.02 Å². The molecule has 3 nitrogen and oxygen atoms in total. The molecule has 1 saturated carbocycles. The Morgan fingerprint density at radius 2 is 2.20 bits per heavy atom. The van der Waals surface area contributed by atoms with Crippen LogP contribution in [0.4, 0.5) is 0 Å². The van der Waals surface area contributed by atoms with Gasteiger partial charge in [-0.05, 0) is 25.0 Å². The van der Waals surface area contributed by atoms with Gasteiger partial charge in [-0.1, -0.05) is 17.7 Å². The van der Waals surface area contributed by atoms with E-state index in [2.05, 4.69) is 0 Å². The van der Waals surface area contributed by atoms with Crippen LogP contribution in [0.15, 0.2) is 18.2 Å². The first-order valence-electron chi connectivity index (χ1n) is 4.75. The number of rotatable bonds is 3. The molecule has 1 aromatic rings. The van der Waals surface area contributed by atoms with Gasteiger partial charge in [0.05, 0.1) is 23.2 Å². The highest BCUT2D eigenvalue weighted by molar-refractivity contribution is 6.35. The number of ether oxygens (including phenoxy) is 1. The summed E-state index contributed by atoms with van der Waals surface area (Å²) in [6.45, 7) is 0. The zero-order chi connectivity index (χ0) is 11.1. The topological polar surface area (TPSA) is 52.3 Å². The third-order valence-electron chi connectivity index (χ3n) is 2.66. The molecule has 80 valence electrons. The summed E-state index contributed by atoms with van der Waals surface area (Å²) < 4.78 is 5.11. The molecule has 0 unspecified atom stereocenters. The molecule has 0 atom stereocenters. The van der Waals surface area contributed by atoms with Gasteiger partial charge in [0.15, 0.2) is 5.78 Å². The Morgan fingerprint density at radius 3 is 2.73 bits per heavy atom. The van der Waals surface area contributed by atoms with Gasteiger partial charge in [0.2, 0.25) is 0 Å². The Balaban J connectivity index is 2.46. The molecule has 0 amide bonds. The number of ketones is 1. The first-order valence-corrected chi connectivity index (χ1v) is 5.12. The van der Waals surface area contributed by atoms with Crippen LogP contribution < -0.4 is 10.5 Å². The van der Waals surface area contributed by atoms with Gasteiger partial charge in [0.25, 0.3) is 0 Å². The van der Waals surface area contributed by atoms with Crippen LogP contribution in [0.5, 0.6) is 5.75 Å². The number of carbonyl (C=O) groups is 1. The molecule has 0 saturated heterocycles. The highest BCUT2D eigenvalue weighted by atomic mass is 35.5. The lowest BCUT2D eigenvalue weighted by Gasteiger charge is -2.12. The Kier molecular flexibility index (Phi) is 2.44. The van der Waals surface area contributed by atoms with Crippen molar-refractivity contribution in [2.24, 2.45) is 5.73 Å². The summed E-state index contributed by atoms with van der Waals surface area (Å²) in [4.78, 5) is 12.0. The number of benzene rings is 1. The molecule has 1 aromatic carbocycles. The van der Waals surface area contributed by atoms with Crippen molar-refractivity contribution in [2.75, 3.05) is 7.11 Å². The Morgan fingerprint density at radius 1 is 1.53 bits per heavy atom. The second-order valence-electron chi connectivity index (χ2n) is 3.80. The maximum Gasteiger partial charge on any atom is 0.187 e. The molecule has 0 aromatic heterocycles. The molecule has 0 heterocycles. The van der Waals surface area contributed by atoms with Gasteiger partial charge in [0, 0.05) is 0 Å². The van der Waals surface area contributed by atoms with E-state index in [1.807, 2.05) is 0 Å². The Bertz CT molecular complexity index is 413. The quantitative estimate of drug-likeness (QED) is 0.801. The molecule has 4 heteroatoms. The fraction of sp³-hybridized carbons (Fsp3) is 0.364. The summed E-state index contributed by atoms with van der Waals surface area (Å²) in [6.07, 6.45) is 1.44. The normalized spacial score (nSPS) is 17.3. The second-order valence-corrected chi connectivity index (χ2v) is 4.21. The summed E-state index contributed by atoms with van der Waals surface area (Å²) in [7, 11) is 1.51. The van der Waals surface area contributed by atoms with Crippen molar-refractivity contribution in [1.82, 2.24) is 0 Å². The van der Waals surface area contributed by atoms with E-state index in [1.165, 1.54) is 7.11 Å². The molecule has 0 spiro atoms. The van der Waals surface area contributed by atoms with Crippen LogP contribution in [0.3, 0.4) is 0 Å². The molecular formula is C11H12ClNO2. The molecule has 2 rings (SSSR count). The van der Waals surface area contributed by atoms with Crippen molar-refractivity contribution in [1.29, 1.82) is 0 Å². The maximum absolute atomic E-state index is 12.0. The fourth-order valence-corrected chi connectivity index (χ4v) is 1.76. The second kappa shape index (κ2) is 3.51. The predicted molar refractivity (Wildman–Crippen MR) is 58.5 cm³/mol. The van der Waals surface area contributed by atoms with E-state index < -0.39 is 5.54 Å². The molecule has 0 radical (unpaired) electrons. The van der Waals surface area contributed by atoms with Crippen molar-refractivity contribution in [3.8, 4) is 5.75 Å². The first-order chi connectivity index (χ1) is 7.08. The van der Waals surface area contributed by atoms with Gasteiger partial charge < -0.3 is 10.5 Å². The molecule has 1 fully saturated rings. The van der Waals surface area contributed by atoms with Crippen LogP contribution in [0.25, 0.3) is 0 Å². The molecule has 1 aliphatic carbocycles. The molecule has 0 aliphatic heterocycles. The van der Waals surface area contributed by atoms with Crippen LogP contribution in [0.1, 0.15) is 23.2 Å². The predicted octanol–water partition coefficient (Wildman–Crippen LogP) is 2.02. The van der Waals surface area contributed by atoms with Gasteiger partial charge in [-0.15, -0.1) is 0 Å². The summed E-state index contributed by atoms with van der Waals surface area (Å²) in [5.74, 6) is 0.370. The van der Waals surface area contributed by atoms with Crippen molar-refractivity contribution in [2.45, 2.75) is 18.4 Å². The van der Waals surface area contributed by atoms with E-state index in [-0.39, 0.29) is 5.78 Å². The minimum Gasteiger partial charge on any atom is -0.496 e. The van der Waals surface area contributed by atoms with E-state index in [1.54, 1.807) is 18.2 Å². The number of Topliss-reactive ketones (excluding diaryl/α,β-unsaturated/α-hetero) is 1. The number of hydrogen-bond acceptors (Lipinski definition) is 3. The largest absolute Gasteiger partial charge is 0.496 e. The number of methoxy groups -OCH3 is 1. The summed E-state index contributed by atoms with van der Waals surface area (Å²) in [5.41, 5.74) is 5.55. The average Bonchev–Trinajstić information content (AvgIpc) is 2.96. The first kappa shape index (κ1) is 10.5. The lowest BCUT2D eigenvalue weighted by Crippen LogP contribution is -2.33. The van der Waals surface area contributed by atoms with Gasteiger partial charge in [-0.2, -0.15) is 0 Å². The standard InChI is InChI=1S/C11H12ClNO2/c1-15-8-4-2-3-7(12)9(8)10(14)11(13)5-6-11/h2-4H,5-6,13H2,1H3. The molecule has 2 N–H and O–H groups in total. The lowest BCUT2D eigenvalue weighted by atomic mass is 10.0. The van der Waals surface area contributed by atoms with E-state index in [9.17, 15) is 4.79 Å². The van der Waals surface area contributed by atoms with E-state index in [0.29, 0.717) is 16.3 Å². The Hall–Kier alpha value is -1.06. The fourth-order valence-electron chi connectivity index (χ4n) is 1.51. The average molecular weight is 226 g/mol. The number of hydrogen-bond donors (Lipinski definition) is 1. The maximum atomic E-state index is 12.0. The van der Waals surface area contributed by atoms with Crippen molar-refractivity contribution < 1.29 is 9.53 Å².